The third-order valence-electron chi connectivity index (χ3n) is 4.58. The first-order valence-corrected chi connectivity index (χ1v) is 9.70. The highest BCUT2D eigenvalue weighted by Crippen LogP contribution is 2.31. The largest absolute Gasteiger partial charge is 0.469 e. The van der Waals surface area contributed by atoms with Crippen LogP contribution in [0, 0.1) is 5.92 Å². The highest BCUT2D eigenvalue weighted by Gasteiger charge is 2.33. The summed E-state index contributed by atoms with van der Waals surface area (Å²) in [4.78, 5) is 11.9. The van der Waals surface area contributed by atoms with Crippen LogP contribution in [-0.2, 0) is 19.6 Å². The number of benzene rings is 2. The van der Waals surface area contributed by atoms with E-state index in [0.717, 1.165) is 5.56 Å². The molecule has 1 saturated heterocycles. The van der Waals surface area contributed by atoms with Crippen LogP contribution in [0.1, 0.15) is 12.8 Å². The average Bonchev–Trinajstić information content (AvgIpc) is 2.68. The molecule has 1 aliphatic heterocycles. The third kappa shape index (κ3) is 3.60. The lowest BCUT2D eigenvalue weighted by atomic mass is 9.99. The number of ether oxygens (including phenoxy) is 1. The molecule has 0 amide bonds. The quantitative estimate of drug-likeness (QED) is 0.788. The second kappa shape index (κ2) is 7.37. The molecule has 6 heteroatoms. The van der Waals surface area contributed by atoms with Gasteiger partial charge in [-0.3, -0.25) is 4.79 Å². The average molecular weight is 359 g/mol. The van der Waals surface area contributed by atoms with Gasteiger partial charge < -0.3 is 4.74 Å². The number of esters is 1. The minimum absolute atomic E-state index is 0.221. The summed E-state index contributed by atoms with van der Waals surface area (Å²) in [7, 11) is -2.25. The monoisotopic (exact) mass is 359 g/mol. The Hall–Kier alpha value is -2.18. The van der Waals surface area contributed by atoms with E-state index in [9.17, 15) is 13.2 Å². The molecule has 0 N–H and O–H groups in total. The van der Waals surface area contributed by atoms with Crippen LogP contribution in [0.2, 0.25) is 0 Å². The van der Waals surface area contributed by atoms with E-state index in [-0.39, 0.29) is 11.9 Å². The van der Waals surface area contributed by atoms with E-state index < -0.39 is 10.0 Å². The molecule has 1 fully saturated rings. The van der Waals surface area contributed by atoms with Crippen LogP contribution in [0.25, 0.3) is 11.1 Å². The van der Waals surface area contributed by atoms with Crippen LogP contribution >= 0.6 is 0 Å². The zero-order chi connectivity index (χ0) is 17.9. The zero-order valence-electron chi connectivity index (χ0n) is 14.1. The van der Waals surface area contributed by atoms with Gasteiger partial charge >= 0.3 is 5.97 Å². The van der Waals surface area contributed by atoms with Gasteiger partial charge in [0, 0.05) is 18.7 Å². The lowest BCUT2D eigenvalue weighted by Gasteiger charge is -2.30. The van der Waals surface area contributed by atoms with Gasteiger partial charge in [-0.25, -0.2) is 8.42 Å². The van der Waals surface area contributed by atoms with E-state index >= 15 is 0 Å². The van der Waals surface area contributed by atoms with Gasteiger partial charge in [-0.05, 0) is 24.5 Å². The van der Waals surface area contributed by atoms with Crippen molar-refractivity contribution in [2.24, 2.45) is 5.92 Å². The molecule has 2 aromatic rings. The molecule has 3 rings (SSSR count). The van der Waals surface area contributed by atoms with Gasteiger partial charge in [-0.1, -0.05) is 48.5 Å². The molecular formula is C19H21NO4S. The minimum Gasteiger partial charge on any atom is -0.469 e. The fourth-order valence-corrected chi connectivity index (χ4v) is 4.87. The maximum Gasteiger partial charge on any atom is 0.308 e. The Morgan fingerprint density at radius 1 is 1.00 bits per heavy atom. The molecule has 1 heterocycles. The molecule has 0 atom stereocenters. The Morgan fingerprint density at radius 3 is 2.24 bits per heavy atom. The van der Waals surface area contributed by atoms with E-state index in [2.05, 4.69) is 0 Å². The van der Waals surface area contributed by atoms with Crippen molar-refractivity contribution in [3.8, 4) is 11.1 Å². The fourth-order valence-electron chi connectivity index (χ4n) is 3.19. The number of piperidine rings is 1. The Labute approximate surface area is 148 Å². The summed E-state index contributed by atoms with van der Waals surface area (Å²) in [5.74, 6) is -0.484. The van der Waals surface area contributed by atoms with E-state index in [1.54, 1.807) is 12.1 Å². The highest BCUT2D eigenvalue weighted by molar-refractivity contribution is 7.89. The molecule has 0 aromatic heterocycles. The third-order valence-corrected chi connectivity index (χ3v) is 6.53. The van der Waals surface area contributed by atoms with Crippen molar-refractivity contribution in [1.82, 2.24) is 4.31 Å². The van der Waals surface area contributed by atoms with Crippen LogP contribution < -0.4 is 0 Å². The predicted molar refractivity (Wildman–Crippen MR) is 95.4 cm³/mol. The van der Waals surface area contributed by atoms with Gasteiger partial charge in [0.25, 0.3) is 0 Å². The van der Waals surface area contributed by atoms with Crippen molar-refractivity contribution in [3.05, 3.63) is 54.6 Å². The summed E-state index contributed by atoms with van der Waals surface area (Å²) in [5, 5.41) is 0. The first kappa shape index (κ1) is 17.6. The van der Waals surface area contributed by atoms with Crippen molar-refractivity contribution < 1.29 is 17.9 Å². The van der Waals surface area contributed by atoms with E-state index in [1.165, 1.54) is 11.4 Å². The normalized spacial score (nSPS) is 16.5. The summed E-state index contributed by atoms with van der Waals surface area (Å²) in [6, 6.07) is 16.5. The number of hydrogen-bond donors (Lipinski definition) is 0. The Bertz CT molecular complexity index is 841. The number of carbonyl (C=O) groups is 1. The molecule has 0 saturated carbocycles. The van der Waals surface area contributed by atoms with Crippen LogP contribution in [0.4, 0.5) is 0 Å². The zero-order valence-corrected chi connectivity index (χ0v) is 14.9. The fraction of sp³-hybridized carbons (Fsp3) is 0.316. The molecule has 0 unspecified atom stereocenters. The number of carbonyl (C=O) groups excluding carboxylic acids is 1. The molecule has 0 spiro atoms. The summed E-state index contributed by atoms with van der Waals surface area (Å²) >= 11 is 0. The number of nitrogens with zero attached hydrogens (tertiary/aromatic N) is 1. The van der Waals surface area contributed by atoms with E-state index in [0.29, 0.717) is 36.4 Å². The van der Waals surface area contributed by atoms with Gasteiger partial charge in [0.15, 0.2) is 0 Å². The van der Waals surface area contributed by atoms with Gasteiger partial charge in [-0.15, -0.1) is 0 Å². The van der Waals surface area contributed by atoms with E-state index in [1.807, 2.05) is 42.5 Å². The molecule has 2 aromatic carbocycles. The van der Waals surface area contributed by atoms with Crippen molar-refractivity contribution in [1.29, 1.82) is 0 Å². The molecule has 0 bridgehead atoms. The summed E-state index contributed by atoms with van der Waals surface area (Å²) < 4.78 is 32.5. The van der Waals surface area contributed by atoms with Gasteiger partial charge in [0.1, 0.15) is 0 Å². The molecule has 0 radical (unpaired) electrons. The van der Waals surface area contributed by atoms with E-state index in [4.69, 9.17) is 4.74 Å². The SMILES string of the molecule is COC(=O)C1CCN(S(=O)(=O)c2ccccc2-c2ccccc2)CC1. The Kier molecular flexibility index (Phi) is 5.20. The number of methoxy groups -OCH3 is 1. The minimum atomic E-state index is -3.62. The lowest BCUT2D eigenvalue weighted by molar-refractivity contribution is -0.146. The predicted octanol–water partition coefficient (Wildman–Crippen LogP) is 2.93. The number of hydrogen-bond acceptors (Lipinski definition) is 4. The van der Waals surface area contributed by atoms with Crippen LogP contribution in [0.5, 0.6) is 0 Å². The molecule has 1 aliphatic rings. The van der Waals surface area contributed by atoms with Crippen LogP contribution in [-0.4, -0.2) is 38.9 Å². The van der Waals surface area contributed by atoms with Gasteiger partial charge in [-0.2, -0.15) is 4.31 Å². The topological polar surface area (TPSA) is 63.7 Å². The molecule has 0 aliphatic carbocycles. The van der Waals surface area contributed by atoms with Gasteiger partial charge in [0.2, 0.25) is 10.0 Å². The van der Waals surface area contributed by atoms with Crippen LogP contribution in [0.15, 0.2) is 59.5 Å². The maximum absolute atomic E-state index is 13.1. The Morgan fingerprint density at radius 2 is 1.60 bits per heavy atom. The smallest absolute Gasteiger partial charge is 0.308 e. The summed E-state index contributed by atoms with van der Waals surface area (Å²) in [6.07, 6.45) is 0.971. The van der Waals surface area contributed by atoms with Crippen molar-refractivity contribution in [2.45, 2.75) is 17.7 Å². The first-order chi connectivity index (χ1) is 12.0. The van der Waals surface area contributed by atoms with Crippen LogP contribution in [0.3, 0.4) is 0 Å². The molecule has 25 heavy (non-hydrogen) atoms. The highest BCUT2D eigenvalue weighted by atomic mass is 32.2. The molecule has 5 nitrogen and oxygen atoms in total. The van der Waals surface area contributed by atoms with Crippen molar-refractivity contribution in [2.75, 3.05) is 20.2 Å². The van der Waals surface area contributed by atoms with Gasteiger partial charge in [0.05, 0.1) is 17.9 Å². The Balaban J connectivity index is 1.88. The van der Waals surface area contributed by atoms with Crippen molar-refractivity contribution >= 4 is 16.0 Å². The number of rotatable bonds is 4. The summed E-state index contributed by atoms with van der Waals surface area (Å²) in [6.45, 7) is 0.649. The molecular weight excluding hydrogens is 338 g/mol. The number of sulfonamides is 1. The first-order valence-electron chi connectivity index (χ1n) is 8.26. The lowest BCUT2D eigenvalue weighted by Crippen LogP contribution is -2.40. The molecule has 132 valence electrons. The summed E-state index contributed by atoms with van der Waals surface area (Å²) in [5.41, 5.74) is 1.56. The second-order valence-corrected chi connectivity index (χ2v) is 7.97. The van der Waals surface area contributed by atoms with Crippen molar-refractivity contribution in [3.63, 3.8) is 0 Å². The standard InChI is InChI=1S/C19H21NO4S/c1-24-19(21)16-11-13-20(14-12-16)25(22,23)18-10-6-5-9-17(18)15-7-3-2-4-8-15/h2-10,16H,11-14H2,1H3. The second-order valence-electron chi connectivity index (χ2n) is 6.06. The maximum atomic E-state index is 13.1.